The summed E-state index contributed by atoms with van der Waals surface area (Å²) in [7, 11) is 4.72. The Balaban J connectivity index is 1.61. The number of hydrogen-bond donors (Lipinski definition) is 0. The van der Waals surface area contributed by atoms with Crippen LogP contribution in [-0.2, 0) is 13.0 Å². The van der Waals surface area contributed by atoms with E-state index >= 15 is 0 Å². The zero-order chi connectivity index (χ0) is 24.5. The Morgan fingerprint density at radius 3 is 2.34 bits per heavy atom. The van der Waals surface area contributed by atoms with Crippen LogP contribution in [0.5, 0.6) is 17.2 Å². The van der Waals surface area contributed by atoms with Gasteiger partial charge in [-0.05, 0) is 60.0 Å². The maximum absolute atomic E-state index is 13.8. The number of fused-ring (bicyclic) bond motifs is 2. The number of benzene rings is 3. The van der Waals surface area contributed by atoms with Crippen molar-refractivity contribution in [3.05, 3.63) is 77.2 Å². The number of carbonyl (C=O) groups excluding carboxylic acids is 1. The highest BCUT2D eigenvalue weighted by atomic mass is 19.1. The second-order valence-electron chi connectivity index (χ2n) is 8.24. The molecular formula is C27H24FN3O4. The van der Waals surface area contributed by atoms with E-state index in [1.165, 1.54) is 31.9 Å². The fourth-order valence-corrected chi connectivity index (χ4v) is 4.33. The van der Waals surface area contributed by atoms with Gasteiger partial charge in [0.2, 0.25) is 0 Å². The van der Waals surface area contributed by atoms with Gasteiger partial charge in [0.1, 0.15) is 17.3 Å². The summed E-state index contributed by atoms with van der Waals surface area (Å²) in [6.45, 7) is 1.01. The van der Waals surface area contributed by atoms with E-state index in [0.29, 0.717) is 53.3 Å². The van der Waals surface area contributed by atoms with Crippen LogP contribution in [0.4, 0.5) is 4.39 Å². The number of rotatable bonds is 5. The molecule has 1 aliphatic rings. The Morgan fingerprint density at radius 1 is 0.886 bits per heavy atom. The highest BCUT2D eigenvalue weighted by molar-refractivity contribution is 6.05. The van der Waals surface area contributed by atoms with E-state index in [2.05, 4.69) is 9.97 Å². The van der Waals surface area contributed by atoms with E-state index < -0.39 is 0 Å². The lowest BCUT2D eigenvalue weighted by atomic mass is 9.99. The average molecular weight is 474 g/mol. The van der Waals surface area contributed by atoms with Crippen molar-refractivity contribution in [1.29, 1.82) is 0 Å². The molecule has 2 heterocycles. The van der Waals surface area contributed by atoms with E-state index in [0.717, 1.165) is 11.3 Å². The summed E-state index contributed by atoms with van der Waals surface area (Å²) in [4.78, 5) is 24.9. The first-order valence-corrected chi connectivity index (χ1v) is 11.2. The molecule has 0 radical (unpaired) electrons. The first kappa shape index (κ1) is 22.6. The van der Waals surface area contributed by atoms with Crippen molar-refractivity contribution in [3.8, 4) is 28.6 Å². The lowest BCUT2D eigenvalue weighted by molar-refractivity contribution is 0.0731. The van der Waals surface area contributed by atoms with Crippen molar-refractivity contribution in [2.24, 2.45) is 0 Å². The summed E-state index contributed by atoms with van der Waals surface area (Å²) >= 11 is 0. The third kappa shape index (κ3) is 4.23. The predicted octanol–water partition coefficient (Wildman–Crippen LogP) is 4.66. The summed E-state index contributed by atoms with van der Waals surface area (Å²) in [5.41, 5.74) is 3.63. The topological polar surface area (TPSA) is 73.8 Å². The number of halogens is 1. The van der Waals surface area contributed by atoms with Gasteiger partial charge in [-0.15, -0.1) is 0 Å². The summed E-state index contributed by atoms with van der Waals surface area (Å²) in [6, 6.07) is 15.2. The normalized spacial score (nSPS) is 12.9. The minimum Gasteiger partial charge on any atom is -0.497 e. The van der Waals surface area contributed by atoms with Crippen LogP contribution in [0.25, 0.3) is 22.3 Å². The van der Waals surface area contributed by atoms with Gasteiger partial charge in [0.15, 0.2) is 17.3 Å². The Labute approximate surface area is 202 Å². The van der Waals surface area contributed by atoms with E-state index in [1.54, 1.807) is 36.3 Å². The van der Waals surface area contributed by atoms with Crippen molar-refractivity contribution >= 4 is 16.8 Å². The molecular weight excluding hydrogens is 449 g/mol. The van der Waals surface area contributed by atoms with Gasteiger partial charge in [-0.25, -0.2) is 14.4 Å². The van der Waals surface area contributed by atoms with E-state index in [-0.39, 0.29) is 17.4 Å². The largest absolute Gasteiger partial charge is 0.497 e. The molecule has 3 aromatic carbocycles. The Bertz CT molecular complexity index is 1420. The Morgan fingerprint density at radius 2 is 1.63 bits per heavy atom. The van der Waals surface area contributed by atoms with Gasteiger partial charge < -0.3 is 19.1 Å². The molecule has 0 spiro atoms. The van der Waals surface area contributed by atoms with Crippen molar-refractivity contribution < 1.29 is 23.4 Å². The predicted molar refractivity (Wildman–Crippen MR) is 129 cm³/mol. The average Bonchev–Trinajstić information content (AvgIpc) is 2.90. The molecule has 1 amide bonds. The molecule has 0 fully saturated rings. The number of nitrogens with zero attached hydrogens (tertiary/aromatic N) is 3. The number of amides is 1. The number of ether oxygens (including phenoxy) is 3. The van der Waals surface area contributed by atoms with Gasteiger partial charge in [-0.2, -0.15) is 0 Å². The van der Waals surface area contributed by atoms with E-state index in [9.17, 15) is 9.18 Å². The molecule has 0 atom stereocenters. The zero-order valence-corrected chi connectivity index (χ0v) is 19.7. The van der Waals surface area contributed by atoms with Crippen LogP contribution in [0.2, 0.25) is 0 Å². The molecule has 8 heteroatoms. The molecule has 0 saturated heterocycles. The minimum absolute atomic E-state index is 0.213. The molecule has 0 N–H and O–H groups in total. The SMILES string of the molecule is COc1ccc2c(c1)CCN(C(=O)c1nc(-c3ccc(F)cc3)nc3cc(OC)c(OC)cc13)C2. The molecule has 0 bridgehead atoms. The van der Waals surface area contributed by atoms with Gasteiger partial charge in [-0.3, -0.25) is 4.79 Å². The fraction of sp³-hybridized carbons (Fsp3) is 0.222. The van der Waals surface area contributed by atoms with Crippen LogP contribution >= 0.6 is 0 Å². The fourth-order valence-electron chi connectivity index (χ4n) is 4.33. The molecule has 0 unspecified atom stereocenters. The van der Waals surface area contributed by atoms with Crippen molar-refractivity contribution in [3.63, 3.8) is 0 Å². The number of carbonyl (C=O) groups is 1. The first-order chi connectivity index (χ1) is 17.0. The highest BCUT2D eigenvalue weighted by Gasteiger charge is 2.26. The summed E-state index contributed by atoms with van der Waals surface area (Å²) in [6.07, 6.45) is 0.712. The zero-order valence-electron chi connectivity index (χ0n) is 19.7. The van der Waals surface area contributed by atoms with E-state index in [1.807, 2.05) is 18.2 Å². The van der Waals surface area contributed by atoms with E-state index in [4.69, 9.17) is 14.2 Å². The maximum Gasteiger partial charge on any atom is 0.273 e. The second-order valence-corrected chi connectivity index (χ2v) is 8.24. The van der Waals surface area contributed by atoms with Gasteiger partial charge >= 0.3 is 0 Å². The molecule has 178 valence electrons. The molecule has 35 heavy (non-hydrogen) atoms. The molecule has 0 aliphatic carbocycles. The second kappa shape index (κ2) is 9.21. The molecule has 1 aliphatic heterocycles. The van der Waals surface area contributed by atoms with Gasteiger partial charge in [0, 0.05) is 30.1 Å². The van der Waals surface area contributed by atoms with Crippen molar-refractivity contribution in [1.82, 2.24) is 14.9 Å². The summed E-state index contributed by atoms with van der Waals surface area (Å²) < 4.78 is 29.8. The van der Waals surface area contributed by atoms with Crippen LogP contribution < -0.4 is 14.2 Å². The summed E-state index contributed by atoms with van der Waals surface area (Å²) in [5, 5.41) is 0.555. The smallest absolute Gasteiger partial charge is 0.273 e. The monoisotopic (exact) mass is 473 g/mol. The molecule has 5 rings (SSSR count). The van der Waals surface area contributed by atoms with Crippen molar-refractivity contribution in [2.75, 3.05) is 27.9 Å². The quantitative estimate of drug-likeness (QED) is 0.420. The number of hydrogen-bond acceptors (Lipinski definition) is 6. The molecule has 1 aromatic heterocycles. The standard InChI is InChI=1S/C27H24FN3O4/c1-33-20-9-6-18-15-31(11-10-17(18)12-20)27(32)25-21-13-23(34-2)24(35-3)14-22(21)29-26(30-25)16-4-7-19(28)8-5-16/h4-9,12-14H,10-11,15H2,1-3H3. The summed E-state index contributed by atoms with van der Waals surface area (Å²) in [5.74, 6) is 1.52. The molecule has 4 aromatic rings. The van der Waals surface area contributed by atoms with Crippen LogP contribution in [0.1, 0.15) is 21.6 Å². The van der Waals surface area contributed by atoms with Gasteiger partial charge in [0.25, 0.3) is 5.91 Å². The maximum atomic E-state index is 13.8. The lowest BCUT2D eigenvalue weighted by Crippen LogP contribution is -2.36. The van der Waals surface area contributed by atoms with Crippen LogP contribution in [-0.4, -0.2) is 48.6 Å². The lowest BCUT2D eigenvalue weighted by Gasteiger charge is -2.29. The van der Waals surface area contributed by atoms with Crippen LogP contribution in [0.15, 0.2) is 54.6 Å². The minimum atomic E-state index is -0.360. The molecule has 7 nitrogen and oxygen atoms in total. The highest BCUT2D eigenvalue weighted by Crippen LogP contribution is 2.34. The third-order valence-corrected chi connectivity index (χ3v) is 6.22. The van der Waals surface area contributed by atoms with Gasteiger partial charge in [0.05, 0.1) is 26.8 Å². The Kier molecular flexibility index (Phi) is 5.94. The number of methoxy groups -OCH3 is 3. The molecule has 0 saturated carbocycles. The van der Waals surface area contributed by atoms with Gasteiger partial charge in [-0.1, -0.05) is 6.07 Å². The number of aromatic nitrogens is 2. The third-order valence-electron chi connectivity index (χ3n) is 6.22. The Hall–Kier alpha value is -4.20. The van der Waals surface area contributed by atoms with Crippen molar-refractivity contribution in [2.45, 2.75) is 13.0 Å². The van der Waals surface area contributed by atoms with Crippen LogP contribution in [0.3, 0.4) is 0 Å². The first-order valence-electron chi connectivity index (χ1n) is 11.2. The van der Waals surface area contributed by atoms with Crippen LogP contribution in [0, 0.1) is 5.82 Å².